The van der Waals surface area contributed by atoms with Crippen molar-refractivity contribution in [3.8, 4) is 5.75 Å². The van der Waals surface area contributed by atoms with Crippen LogP contribution in [0.2, 0.25) is 0 Å². The number of hydrogen-bond acceptors (Lipinski definition) is 6. The molecule has 2 saturated heterocycles. The van der Waals surface area contributed by atoms with E-state index >= 15 is 0 Å². The van der Waals surface area contributed by atoms with E-state index in [1.807, 2.05) is 25.1 Å². The number of carbonyl (C=O) groups excluding carboxylic acids is 1. The number of Topliss-reactive ketones (excluding diaryl/α,β-unsaturated/α-hetero) is 1. The van der Waals surface area contributed by atoms with Crippen molar-refractivity contribution in [1.82, 2.24) is 9.80 Å². The number of carbonyl (C=O) groups is 1. The highest BCUT2D eigenvalue weighted by atomic mass is 16.6. The Morgan fingerprint density at radius 3 is 2.09 bits per heavy atom. The van der Waals surface area contributed by atoms with Crippen LogP contribution >= 0.6 is 0 Å². The topological polar surface area (TPSA) is 51.2 Å². The van der Waals surface area contributed by atoms with Gasteiger partial charge in [-0.1, -0.05) is 11.6 Å². The van der Waals surface area contributed by atoms with Crippen molar-refractivity contribution in [2.75, 3.05) is 52.6 Å². The molecule has 0 radical (unpaired) electrons. The lowest BCUT2D eigenvalue weighted by atomic mass is 10.0. The Labute approximate surface area is 135 Å². The fourth-order valence-electron chi connectivity index (χ4n) is 3.63. The van der Waals surface area contributed by atoms with Gasteiger partial charge in [0.15, 0.2) is 0 Å². The molecule has 6 heteroatoms. The van der Waals surface area contributed by atoms with Crippen LogP contribution in [0.4, 0.5) is 0 Å². The summed E-state index contributed by atoms with van der Waals surface area (Å²) in [5, 5.41) is 0. The Balaban J connectivity index is 1.76. The summed E-state index contributed by atoms with van der Waals surface area (Å²) in [4.78, 5) is 17.6. The van der Waals surface area contributed by atoms with Gasteiger partial charge in [0.05, 0.1) is 32.0 Å². The van der Waals surface area contributed by atoms with Crippen LogP contribution in [0, 0.1) is 6.92 Å². The molecule has 23 heavy (non-hydrogen) atoms. The first-order valence-electron chi connectivity index (χ1n) is 8.22. The van der Waals surface area contributed by atoms with Gasteiger partial charge in [0.2, 0.25) is 5.78 Å². The minimum Gasteiger partial charge on any atom is -0.451 e. The van der Waals surface area contributed by atoms with Crippen LogP contribution < -0.4 is 4.74 Å². The molecule has 0 amide bonds. The van der Waals surface area contributed by atoms with Crippen molar-refractivity contribution >= 4 is 5.78 Å². The van der Waals surface area contributed by atoms with Gasteiger partial charge in [0.25, 0.3) is 5.85 Å². The molecule has 0 spiro atoms. The highest BCUT2D eigenvalue weighted by Crippen LogP contribution is 2.40. The van der Waals surface area contributed by atoms with E-state index in [0.29, 0.717) is 63.9 Å². The average Bonchev–Trinajstić information content (AvgIpc) is 2.90. The third kappa shape index (κ3) is 2.37. The molecule has 6 nitrogen and oxygen atoms in total. The van der Waals surface area contributed by atoms with Crippen LogP contribution in [-0.4, -0.2) is 74.0 Å². The Bertz CT molecular complexity index is 589. The molecular formula is C17H22N2O4. The van der Waals surface area contributed by atoms with Crippen LogP contribution in [0.15, 0.2) is 18.2 Å². The Hall–Kier alpha value is -1.47. The highest BCUT2D eigenvalue weighted by molar-refractivity contribution is 6.07. The van der Waals surface area contributed by atoms with Crippen LogP contribution in [0.5, 0.6) is 5.75 Å². The van der Waals surface area contributed by atoms with Gasteiger partial charge < -0.3 is 14.2 Å². The third-order valence-electron chi connectivity index (χ3n) is 4.81. The molecule has 0 N–H and O–H groups in total. The summed E-state index contributed by atoms with van der Waals surface area (Å²) in [6.07, 6.45) is 0. The van der Waals surface area contributed by atoms with Crippen molar-refractivity contribution in [2.24, 2.45) is 0 Å². The number of aryl methyl sites for hydroxylation is 1. The monoisotopic (exact) mass is 318 g/mol. The summed E-state index contributed by atoms with van der Waals surface area (Å²) in [5.74, 6) is -0.317. The first kappa shape index (κ1) is 15.1. The molecule has 0 saturated carbocycles. The fourth-order valence-corrected chi connectivity index (χ4v) is 3.63. The molecule has 0 unspecified atom stereocenters. The lowest BCUT2D eigenvalue weighted by Gasteiger charge is -2.48. The molecule has 4 rings (SSSR count). The number of ketones is 1. The number of morpholine rings is 2. The second-order valence-electron chi connectivity index (χ2n) is 6.24. The van der Waals surface area contributed by atoms with E-state index in [4.69, 9.17) is 14.2 Å². The summed E-state index contributed by atoms with van der Waals surface area (Å²) in [6, 6.07) is 5.83. The second-order valence-corrected chi connectivity index (χ2v) is 6.24. The van der Waals surface area contributed by atoms with Gasteiger partial charge in [-0.3, -0.25) is 4.79 Å². The molecule has 3 aliphatic rings. The summed E-state index contributed by atoms with van der Waals surface area (Å²) in [6.45, 7) is 7.25. The molecule has 1 aromatic carbocycles. The first-order chi connectivity index (χ1) is 11.2. The number of nitrogens with zero attached hydrogens (tertiary/aromatic N) is 2. The van der Waals surface area contributed by atoms with Crippen LogP contribution in [0.25, 0.3) is 0 Å². The number of benzene rings is 1. The number of fused-ring (bicyclic) bond motifs is 1. The van der Waals surface area contributed by atoms with Gasteiger partial charge in [-0.2, -0.15) is 0 Å². The molecule has 0 aliphatic carbocycles. The summed E-state index contributed by atoms with van der Waals surface area (Å²) in [7, 11) is 0. The zero-order valence-electron chi connectivity index (χ0n) is 13.4. The van der Waals surface area contributed by atoms with E-state index < -0.39 is 5.85 Å². The van der Waals surface area contributed by atoms with Crippen LogP contribution in [0.3, 0.4) is 0 Å². The van der Waals surface area contributed by atoms with E-state index in [2.05, 4.69) is 9.80 Å². The molecule has 2 fully saturated rings. The minimum absolute atomic E-state index is 0.0417. The van der Waals surface area contributed by atoms with Gasteiger partial charge in [-0.05, 0) is 19.1 Å². The molecule has 1 aromatic rings. The standard InChI is InChI=1S/C17H22N2O4/c1-13-2-3-15-14(12-13)16(20)17(23-15,18-4-8-21-9-5-18)19-6-10-22-11-7-19/h2-3,12H,4-11H2,1H3. The Morgan fingerprint density at radius 2 is 1.52 bits per heavy atom. The lowest BCUT2D eigenvalue weighted by molar-refractivity contribution is -0.190. The smallest absolute Gasteiger partial charge is 0.288 e. The Morgan fingerprint density at radius 1 is 0.957 bits per heavy atom. The van der Waals surface area contributed by atoms with Crippen molar-refractivity contribution in [3.63, 3.8) is 0 Å². The quantitative estimate of drug-likeness (QED) is 0.807. The summed E-state index contributed by atoms with van der Waals surface area (Å²) >= 11 is 0. The number of hydrogen-bond donors (Lipinski definition) is 0. The van der Waals surface area contributed by atoms with E-state index in [1.54, 1.807) is 0 Å². The maximum absolute atomic E-state index is 13.4. The molecule has 3 aliphatic heterocycles. The molecule has 0 atom stereocenters. The SMILES string of the molecule is Cc1ccc2c(c1)C(=O)C(N1CCOCC1)(N1CCOCC1)O2. The molecule has 3 heterocycles. The predicted molar refractivity (Wildman–Crippen MR) is 83.7 cm³/mol. The highest BCUT2D eigenvalue weighted by Gasteiger charge is 2.57. The van der Waals surface area contributed by atoms with Crippen molar-refractivity contribution < 1.29 is 19.0 Å². The minimum atomic E-state index is -1.04. The van der Waals surface area contributed by atoms with Gasteiger partial charge >= 0.3 is 0 Å². The number of rotatable bonds is 2. The van der Waals surface area contributed by atoms with Gasteiger partial charge in [0, 0.05) is 26.2 Å². The normalized spacial score (nSPS) is 25.2. The summed E-state index contributed by atoms with van der Waals surface area (Å²) < 4.78 is 17.3. The average molecular weight is 318 g/mol. The zero-order valence-corrected chi connectivity index (χ0v) is 13.4. The molecule has 0 bridgehead atoms. The summed E-state index contributed by atoms with van der Waals surface area (Å²) in [5.41, 5.74) is 1.75. The number of ether oxygens (including phenoxy) is 3. The third-order valence-corrected chi connectivity index (χ3v) is 4.81. The van der Waals surface area contributed by atoms with Crippen molar-refractivity contribution in [1.29, 1.82) is 0 Å². The lowest BCUT2D eigenvalue weighted by Crippen LogP contribution is -2.70. The molecule has 0 aromatic heterocycles. The van der Waals surface area contributed by atoms with Crippen LogP contribution in [0.1, 0.15) is 15.9 Å². The Kier molecular flexibility index (Phi) is 3.85. The van der Waals surface area contributed by atoms with Crippen LogP contribution in [-0.2, 0) is 9.47 Å². The van der Waals surface area contributed by atoms with E-state index in [0.717, 1.165) is 5.56 Å². The zero-order chi connectivity index (χ0) is 15.9. The van der Waals surface area contributed by atoms with Crippen molar-refractivity contribution in [2.45, 2.75) is 12.8 Å². The van der Waals surface area contributed by atoms with Gasteiger partial charge in [-0.15, -0.1) is 0 Å². The fraction of sp³-hybridized carbons (Fsp3) is 0.588. The van der Waals surface area contributed by atoms with Crippen molar-refractivity contribution in [3.05, 3.63) is 29.3 Å². The van der Waals surface area contributed by atoms with Gasteiger partial charge in [0.1, 0.15) is 5.75 Å². The first-order valence-corrected chi connectivity index (χ1v) is 8.22. The molecular weight excluding hydrogens is 296 g/mol. The maximum Gasteiger partial charge on any atom is 0.288 e. The van der Waals surface area contributed by atoms with E-state index in [1.165, 1.54) is 0 Å². The maximum atomic E-state index is 13.4. The van der Waals surface area contributed by atoms with E-state index in [-0.39, 0.29) is 5.78 Å². The molecule has 124 valence electrons. The predicted octanol–water partition coefficient (Wildman–Crippen LogP) is 0.888. The largest absolute Gasteiger partial charge is 0.451 e. The second kappa shape index (κ2) is 5.87. The van der Waals surface area contributed by atoms with Gasteiger partial charge in [-0.25, -0.2) is 9.80 Å². The van der Waals surface area contributed by atoms with E-state index in [9.17, 15) is 4.79 Å².